The maximum absolute atomic E-state index is 13.3. The third-order valence-corrected chi connectivity index (χ3v) is 2.63. The second kappa shape index (κ2) is 5.07. The van der Waals surface area contributed by atoms with Gasteiger partial charge in [-0.2, -0.15) is 4.39 Å². The van der Waals surface area contributed by atoms with E-state index in [1.54, 1.807) is 17.1 Å². The van der Waals surface area contributed by atoms with Crippen molar-refractivity contribution in [3.63, 3.8) is 0 Å². The summed E-state index contributed by atoms with van der Waals surface area (Å²) in [5.41, 5.74) is -1.17. The summed E-state index contributed by atoms with van der Waals surface area (Å²) in [6.45, 7) is -0.0160. The van der Waals surface area contributed by atoms with Crippen LogP contribution in [0.2, 0.25) is 0 Å². The van der Waals surface area contributed by atoms with E-state index in [1.807, 2.05) is 0 Å². The minimum Gasteiger partial charge on any atom is -0.492 e. The predicted octanol–water partition coefficient (Wildman–Crippen LogP) is -0.0947. The third kappa shape index (κ3) is 2.41. The zero-order chi connectivity index (χ0) is 14.0. The Labute approximate surface area is 106 Å². The van der Waals surface area contributed by atoms with Gasteiger partial charge in [0.15, 0.2) is 0 Å². The van der Waals surface area contributed by atoms with E-state index in [2.05, 4.69) is 0 Å². The first-order valence-electron chi connectivity index (χ1n) is 5.48. The summed E-state index contributed by atoms with van der Waals surface area (Å²) >= 11 is 0. The zero-order valence-electron chi connectivity index (χ0n) is 9.76. The molecule has 0 atom stereocenters. The van der Waals surface area contributed by atoms with Crippen LogP contribution < -0.4 is 11.2 Å². The molecular weight excluding hydrogens is 255 g/mol. The normalized spacial score (nSPS) is 10.6. The fourth-order valence-electron chi connectivity index (χ4n) is 1.68. The largest absolute Gasteiger partial charge is 0.492 e. The molecule has 1 aromatic heterocycles. The first-order valence-corrected chi connectivity index (χ1v) is 5.48. The molecule has 0 radical (unpaired) electrons. The fourth-order valence-corrected chi connectivity index (χ4v) is 1.68. The van der Waals surface area contributed by atoms with Gasteiger partial charge in [0.25, 0.3) is 5.56 Å². The second-order valence-corrected chi connectivity index (χ2v) is 3.87. The quantitative estimate of drug-likeness (QED) is 0.723. The molecule has 0 saturated heterocycles. The van der Waals surface area contributed by atoms with Crippen LogP contribution in [0.4, 0.5) is 4.39 Å². The van der Waals surface area contributed by atoms with Gasteiger partial charge in [0, 0.05) is 6.61 Å². The van der Waals surface area contributed by atoms with Crippen molar-refractivity contribution in [1.82, 2.24) is 9.55 Å². The molecule has 0 spiro atoms. The number of nitrogens with zero attached hydrogens (tertiary/aromatic N) is 1. The Balaban J connectivity index is 2.56. The number of hydrogen-bond acceptors (Lipinski definition) is 4. The van der Waals surface area contributed by atoms with Gasteiger partial charge in [-0.05, 0) is 24.1 Å². The summed E-state index contributed by atoms with van der Waals surface area (Å²) in [4.78, 5) is 24.3. The lowest BCUT2D eigenvalue weighted by Gasteiger charge is -2.08. The lowest BCUT2D eigenvalue weighted by atomic mass is 10.1. The number of aromatic hydroxyl groups is 1. The minimum absolute atomic E-state index is 0.0160. The maximum Gasteiger partial charge on any atom is 0.335 e. The molecule has 19 heavy (non-hydrogen) atoms. The van der Waals surface area contributed by atoms with Crippen LogP contribution in [0.1, 0.15) is 5.56 Å². The molecule has 7 heteroatoms. The third-order valence-electron chi connectivity index (χ3n) is 2.63. The smallest absolute Gasteiger partial charge is 0.335 e. The Morgan fingerprint density at radius 2 is 1.84 bits per heavy atom. The van der Waals surface area contributed by atoms with Gasteiger partial charge in [-0.25, -0.2) is 9.36 Å². The number of benzene rings is 1. The molecule has 0 amide bonds. The van der Waals surface area contributed by atoms with Gasteiger partial charge in [-0.3, -0.25) is 9.78 Å². The molecule has 1 heterocycles. The average Bonchev–Trinajstić information content (AvgIpc) is 2.38. The number of hydrogen-bond donors (Lipinski definition) is 3. The number of halogens is 1. The summed E-state index contributed by atoms with van der Waals surface area (Å²) in [5.74, 6) is -2.46. The molecule has 0 aliphatic rings. The first-order chi connectivity index (χ1) is 9.04. The molecule has 0 saturated carbocycles. The van der Waals surface area contributed by atoms with E-state index in [0.717, 1.165) is 5.56 Å². The Morgan fingerprint density at radius 3 is 2.42 bits per heavy atom. The lowest BCUT2D eigenvalue weighted by molar-refractivity contribution is 0.299. The summed E-state index contributed by atoms with van der Waals surface area (Å²) < 4.78 is 13.9. The Morgan fingerprint density at radius 1 is 1.21 bits per heavy atom. The van der Waals surface area contributed by atoms with Gasteiger partial charge in [0.1, 0.15) is 0 Å². The molecule has 0 aliphatic carbocycles. The molecule has 0 aliphatic heterocycles. The number of H-pyrrole nitrogens is 1. The van der Waals surface area contributed by atoms with E-state index in [9.17, 15) is 19.1 Å². The van der Waals surface area contributed by atoms with Crippen molar-refractivity contribution in [2.75, 3.05) is 6.61 Å². The van der Waals surface area contributed by atoms with Crippen LogP contribution >= 0.6 is 0 Å². The predicted molar refractivity (Wildman–Crippen MR) is 65.1 cm³/mol. The molecule has 0 unspecified atom stereocenters. The van der Waals surface area contributed by atoms with Crippen LogP contribution in [-0.4, -0.2) is 26.4 Å². The van der Waals surface area contributed by atoms with Gasteiger partial charge in [-0.1, -0.05) is 12.1 Å². The van der Waals surface area contributed by atoms with Crippen molar-refractivity contribution in [3.05, 3.63) is 56.5 Å². The molecular formula is C12H11FN2O4. The Kier molecular flexibility index (Phi) is 3.48. The van der Waals surface area contributed by atoms with Crippen LogP contribution in [0.3, 0.4) is 0 Å². The van der Waals surface area contributed by atoms with Gasteiger partial charge in [0.05, 0.1) is 5.69 Å². The summed E-state index contributed by atoms with van der Waals surface area (Å²) in [6, 6.07) is 6.20. The monoisotopic (exact) mass is 266 g/mol. The van der Waals surface area contributed by atoms with E-state index in [4.69, 9.17) is 5.11 Å². The van der Waals surface area contributed by atoms with Crippen molar-refractivity contribution in [1.29, 1.82) is 0 Å². The molecule has 0 fully saturated rings. The number of aliphatic hydroxyl groups excluding tert-OH is 1. The van der Waals surface area contributed by atoms with E-state index < -0.39 is 22.9 Å². The number of aromatic nitrogens is 2. The average molecular weight is 266 g/mol. The van der Waals surface area contributed by atoms with E-state index in [-0.39, 0.29) is 12.3 Å². The molecule has 1 aromatic carbocycles. The highest BCUT2D eigenvalue weighted by atomic mass is 19.1. The number of aromatic amines is 1. The van der Waals surface area contributed by atoms with Crippen LogP contribution in [0, 0.1) is 5.82 Å². The SMILES string of the molecule is O=c1[nH]c(=O)n(-c2ccc(CCO)cc2)c(O)c1F. The van der Waals surface area contributed by atoms with Crippen molar-refractivity contribution < 1.29 is 14.6 Å². The number of nitrogens with one attached hydrogen (secondary N) is 1. The number of rotatable bonds is 3. The molecule has 2 aromatic rings. The number of aliphatic hydroxyl groups is 1. The zero-order valence-corrected chi connectivity index (χ0v) is 9.76. The highest BCUT2D eigenvalue weighted by molar-refractivity contribution is 5.37. The van der Waals surface area contributed by atoms with E-state index >= 15 is 0 Å². The maximum atomic E-state index is 13.3. The van der Waals surface area contributed by atoms with Crippen molar-refractivity contribution in [2.45, 2.75) is 6.42 Å². The van der Waals surface area contributed by atoms with Crippen molar-refractivity contribution >= 4 is 0 Å². The summed E-state index contributed by atoms with van der Waals surface area (Å²) in [7, 11) is 0. The minimum atomic E-state index is -1.42. The fraction of sp³-hybridized carbons (Fsp3) is 0.167. The van der Waals surface area contributed by atoms with Crippen LogP contribution in [0.15, 0.2) is 33.9 Å². The van der Waals surface area contributed by atoms with E-state index in [1.165, 1.54) is 12.1 Å². The van der Waals surface area contributed by atoms with Gasteiger partial charge in [0.2, 0.25) is 11.7 Å². The Bertz CT molecular complexity index is 703. The second-order valence-electron chi connectivity index (χ2n) is 3.87. The molecule has 3 N–H and O–H groups in total. The van der Waals surface area contributed by atoms with Gasteiger partial charge < -0.3 is 10.2 Å². The lowest BCUT2D eigenvalue weighted by Crippen LogP contribution is -2.30. The summed E-state index contributed by atoms with van der Waals surface area (Å²) in [5, 5.41) is 18.3. The van der Waals surface area contributed by atoms with Crippen LogP contribution in [-0.2, 0) is 6.42 Å². The molecule has 6 nitrogen and oxygen atoms in total. The highest BCUT2D eigenvalue weighted by Gasteiger charge is 2.14. The van der Waals surface area contributed by atoms with Gasteiger partial charge in [-0.15, -0.1) is 0 Å². The van der Waals surface area contributed by atoms with E-state index in [0.29, 0.717) is 11.0 Å². The summed E-state index contributed by atoms with van der Waals surface area (Å²) in [6.07, 6.45) is 0.446. The van der Waals surface area contributed by atoms with Crippen molar-refractivity contribution in [2.24, 2.45) is 0 Å². The first kappa shape index (κ1) is 13.0. The van der Waals surface area contributed by atoms with Crippen LogP contribution in [0.25, 0.3) is 5.69 Å². The van der Waals surface area contributed by atoms with Crippen molar-refractivity contribution in [3.8, 4) is 11.6 Å². The van der Waals surface area contributed by atoms with Crippen LogP contribution in [0.5, 0.6) is 5.88 Å². The molecule has 0 bridgehead atoms. The molecule has 100 valence electrons. The van der Waals surface area contributed by atoms with Gasteiger partial charge >= 0.3 is 5.69 Å². The molecule has 2 rings (SSSR count). The Hall–Kier alpha value is -2.41. The highest BCUT2D eigenvalue weighted by Crippen LogP contribution is 2.15. The standard InChI is InChI=1S/C12H11FN2O4/c13-9-10(17)14-12(19)15(11(9)18)8-3-1-7(2-4-8)5-6-16/h1-4,16,18H,5-6H2,(H,14,17,19). The topological polar surface area (TPSA) is 95.3 Å².